The maximum atomic E-state index is 12.7. The van der Waals surface area contributed by atoms with Gasteiger partial charge in [0.25, 0.3) is 0 Å². The van der Waals surface area contributed by atoms with Crippen LogP contribution in [0.1, 0.15) is 25.7 Å². The zero-order chi connectivity index (χ0) is 22.0. The summed E-state index contributed by atoms with van der Waals surface area (Å²) in [6.07, 6.45) is 1.46. The molecule has 1 heterocycles. The zero-order valence-corrected chi connectivity index (χ0v) is 16.0. The molecule has 0 aromatic rings. The minimum atomic E-state index is -1.23. The normalized spacial score (nSPS) is 17.9. The third kappa shape index (κ3) is 7.91. The predicted octanol–water partition coefficient (Wildman–Crippen LogP) is -3.96. The van der Waals surface area contributed by atoms with Gasteiger partial charge in [0.2, 0.25) is 17.7 Å². The van der Waals surface area contributed by atoms with Crippen LogP contribution < -0.4 is 27.8 Å². The molecule has 1 saturated heterocycles. The maximum absolute atomic E-state index is 12.7. The standard InChI is InChI=1S/C16H29N7O6/c17-9(8-24)15(29)23-6-2-4-11(23)14(28)22-10(3-1-5-20-16(18)19)13(27)21-7-12(25)26/h9-11,24H,1-8,17H2,(H,21,27)(H,22,28)(H,25,26)(H4,18,19,20). The van der Waals surface area contributed by atoms with Crippen LogP contribution in [0.5, 0.6) is 0 Å². The summed E-state index contributed by atoms with van der Waals surface area (Å²) in [5, 5.41) is 22.6. The third-order valence-electron chi connectivity index (χ3n) is 4.34. The van der Waals surface area contributed by atoms with Gasteiger partial charge in [0.1, 0.15) is 24.7 Å². The van der Waals surface area contributed by atoms with Crippen molar-refractivity contribution in [3.05, 3.63) is 0 Å². The van der Waals surface area contributed by atoms with Crippen LogP contribution in [0, 0.1) is 0 Å². The first-order chi connectivity index (χ1) is 13.7. The summed E-state index contributed by atoms with van der Waals surface area (Å²) in [4.78, 5) is 53.0. The highest BCUT2D eigenvalue weighted by molar-refractivity contribution is 5.94. The smallest absolute Gasteiger partial charge is 0.322 e. The zero-order valence-electron chi connectivity index (χ0n) is 16.0. The van der Waals surface area contributed by atoms with Gasteiger partial charge in [-0.25, -0.2) is 0 Å². The molecule has 1 aliphatic rings. The van der Waals surface area contributed by atoms with Crippen molar-refractivity contribution >= 4 is 29.7 Å². The van der Waals surface area contributed by atoms with Gasteiger partial charge in [0, 0.05) is 13.1 Å². The fraction of sp³-hybridized carbons (Fsp3) is 0.688. The average molecular weight is 415 g/mol. The molecule has 1 fully saturated rings. The lowest BCUT2D eigenvalue weighted by atomic mass is 10.1. The lowest BCUT2D eigenvalue weighted by molar-refractivity contribution is -0.141. The summed E-state index contributed by atoms with van der Waals surface area (Å²) >= 11 is 0. The van der Waals surface area contributed by atoms with Gasteiger partial charge in [-0.05, 0) is 25.7 Å². The number of likely N-dealkylation sites (tertiary alicyclic amines) is 1. The summed E-state index contributed by atoms with van der Waals surface area (Å²) in [7, 11) is 0. The van der Waals surface area contributed by atoms with Crippen LogP contribution in [0.25, 0.3) is 0 Å². The van der Waals surface area contributed by atoms with E-state index in [0.29, 0.717) is 25.8 Å². The Bertz CT molecular complexity index is 637. The molecule has 10 N–H and O–H groups in total. The molecule has 0 aliphatic carbocycles. The van der Waals surface area contributed by atoms with Gasteiger partial charge in [0.05, 0.1) is 6.61 Å². The van der Waals surface area contributed by atoms with Crippen molar-refractivity contribution in [3.63, 3.8) is 0 Å². The van der Waals surface area contributed by atoms with E-state index in [9.17, 15) is 19.2 Å². The highest BCUT2D eigenvalue weighted by Crippen LogP contribution is 2.18. The first kappa shape index (κ1) is 24.1. The quantitative estimate of drug-likeness (QED) is 0.0990. The molecule has 0 bridgehead atoms. The number of carbonyl (C=O) groups excluding carboxylic acids is 3. The molecule has 0 radical (unpaired) electrons. The van der Waals surface area contributed by atoms with Gasteiger partial charge in [0.15, 0.2) is 5.96 Å². The number of amides is 3. The van der Waals surface area contributed by atoms with E-state index < -0.39 is 55.0 Å². The van der Waals surface area contributed by atoms with Gasteiger partial charge < -0.3 is 42.9 Å². The number of nitrogens with two attached hydrogens (primary N) is 3. The van der Waals surface area contributed by atoms with E-state index in [0.717, 1.165) is 0 Å². The van der Waals surface area contributed by atoms with Gasteiger partial charge in [-0.15, -0.1) is 0 Å². The Morgan fingerprint density at radius 3 is 2.52 bits per heavy atom. The van der Waals surface area contributed by atoms with E-state index in [2.05, 4.69) is 15.6 Å². The molecule has 3 unspecified atom stereocenters. The fourth-order valence-electron chi connectivity index (χ4n) is 2.92. The number of nitrogens with zero attached hydrogens (tertiary/aromatic N) is 2. The number of nitrogens with one attached hydrogen (secondary N) is 2. The number of rotatable bonds is 11. The number of aliphatic hydroxyl groups is 1. The van der Waals surface area contributed by atoms with Crippen LogP contribution in [0.15, 0.2) is 4.99 Å². The average Bonchev–Trinajstić information content (AvgIpc) is 3.16. The Hall–Kier alpha value is -2.93. The number of carbonyl (C=O) groups is 4. The fourth-order valence-corrected chi connectivity index (χ4v) is 2.92. The molecule has 0 aromatic carbocycles. The largest absolute Gasteiger partial charge is 0.480 e. The van der Waals surface area contributed by atoms with Gasteiger partial charge in [-0.3, -0.25) is 24.2 Å². The first-order valence-electron chi connectivity index (χ1n) is 9.19. The Morgan fingerprint density at radius 2 is 1.93 bits per heavy atom. The summed E-state index contributed by atoms with van der Waals surface area (Å²) in [5.74, 6) is -3.12. The number of hydrogen-bond donors (Lipinski definition) is 7. The first-order valence-corrected chi connectivity index (χ1v) is 9.19. The van der Waals surface area contributed by atoms with E-state index in [4.69, 9.17) is 27.4 Å². The van der Waals surface area contributed by atoms with E-state index in [1.54, 1.807) is 0 Å². The molecular formula is C16H29N7O6. The van der Waals surface area contributed by atoms with Gasteiger partial charge in [-0.2, -0.15) is 0 Å². The molecule has 1 rings (SSSR count). The second-order valence-corrected chi connectivity index (χ2v) is 6.60. The molecule has 164 valence electrons. The van der Waals surface area contributed by atoms with Gasteiger partial charge in [-0.1, -0.05) is 0 Å². The lowest BCUT2D eigenvalue weighted by Gasteiger charge is -2.27. The van der Waals surface area contributed by atoms with Crippen molar-refractivity contribution in [2.75, 3.05) is 26.2 Å². The second-order valence-electron chi connectivity index (χ2n) is 6.60. The van der Waals surface area contributed by atoms with Crippen LogP contribution in [0.3, 0.4) is 0 Å². The van der Waals surface area contributed by atoms with E-state index in [-0.39, 0.29) is 18.9 Å². The Kier molecular flexibility index (Phi) is 9.82. The van der Waals surface area contributed by atoms with E-state index in [1.807, 2.05) is 0 Å². The number of hydrogen-bond acceptors (Lipinski definition) is 7. The van der Waals surface area contributed by atoms with E-state index in [1.165, 1.54) is 4.90 Å². The minimum Gasteiger partial charge on any atom is -0.480 e. The van der Waals surface area contributed by atoms with Crippen molar-refractivity contribution in [1.82, 2.24) is 15.5 Å². The summed E-state index contributed by atoms with van der Waals surface area (Å²) in [6.45, 7) is -0.613. The minimum absolute atomic E-state index is 0.110. The van der Waals surface area contributed by atoms with Crippen LogP contribution in [0.4, 0.5) is 0 Å². The second kappa shape index (κ2) is 11.8. The number of carboxylic acids is 1. The molecule has 3 amide bonds. The molecule has 0 saturated carbocycles. The predicted molar refractivity (Wildman–Crippen MR) is 102 cm³/mol. The van der Waals surface area contributed by atoms with Crippen molar-refractivity contribution in [3.8, 4) is 0 Å². The monoisotopic (exact) mass is 415 g/mol. The summed E-state index contributed by atoms with van der Waals surface area (Å²) in [5.41, 5.74) is 16.0. The van der Waals surface area contributed by atoms with Crippen LogP contribution >= 0.6 is 0 Å². The third-order valence-corrected chi connectivity index (χ3v) is 4.34. The van der Waals surface area contributed by atoms with Crippen molar-refractivity contribution in [1.29, 1.82) is 0 Å². The SMILES string of the molecule is NC(N)=NCCCC(NC(=O)C1CCCN1C(=O)C(N)CO)C(=O)NCC(=O)O. The molecule has 29 heavy (non-hydrogen) atoms. The maximum Gasteiger partial charge on any atom is 0.322 e. The number of carboxylic acid groups (broad SMARTS) is 1. The van der Waals surface area contributed by atoms with Crippen molar-refractivity contribution in [2.45, 2.75) is 43.8 Å². The Labute approximate surface area is 167 Å². The summed E-state index contributed by atoms with van der Waals surface area (Å²) in [6, 6.07) is -2.98. The van der Waals surface area contributed by atoms with Crippen molar-refractivity contribution in [2.24, 2.45) is 22.2 Å². The highest BCUT2D eigenvalue weighted by Gasteiger charge is 2.37. The van der Waals surface area contributed by atoms with Crippen LogP contribution in [-0.4, -0.2) is 89.1 Å². The molecule has 0 aromatic heterocycles. The molecule has 13 heteroatoms. The Balaban J connectivity index is 2.79. The molecule has 0 spiro atoms. The van der Waals surface area contributed by atoms with Crippen LogP contribution in [0.2, 0.25) is 0 Å². The summed E-state index contributed by atoms with van der Waals surface area (Å²) < 4.78 is 0. The number of aliphatic imine (C=N–C) groups is 1. The Morgan fingerprint density at radius 1 is 1.24 bits per heavy atom. The lowest BCUT2D eigenvalue weighted by Crippen LogP contribution is -2.56. The molecular weight excluding hydrogens is 386 g/mol. The molecule has 13 nitrogen and oxygen atoms in total. The number of guanidine groups is 1. The van der Waals surface area contributed by atoms with Crippen molar-refractivity contribution < 1.29 is 29.4 Å². The van der Waals surface area contributed by atoms with E-state index >= 15 is 0 Å². The topological polar surface area (TPSA) is 226 Å². The number of aliphatic hydroxyl groups excluding tert-OH is 1. The number of aliphatic carboxylic acids is 1. The van der Waals surface area contributed by atoms with Crippen LogP contribution in [-0.2, 0) is 19.2 Å². The van der Waals surface area contributed by atoms with Gasteiger partial charge >= 0.3 is 5.97 Å². The highest BCUT2D eigenvalue weighted by atomic mass is 16.4. The molecule has 1 aliphatic heterocycles. The molecule has 3 atom stereocenters.